The van der Waals surface area contributed by atoms with Crippen molar-refractivity contribution in [1.82, 2.24) is 10.2 Å². The summed E-state index contributed by atoms with van der Waals surface area (Å²) in [4.78, 5) is 0. The summed E-state index contributed by atoms with van der Waals surface area (Å²) in [6, 6.07) is 0. The summed E-state index contributed by atoms with van der Waals surface area (Å²) in [6.45, 7) is 3.94. The Morgan fingerprint density at radius 2 is 1.58 bits per heavy atom. The van der Waals surface area contributed by atoms with Gasteiger partial charge in [-0.3, -0.25) is 0 Å². The lowest BCUT2D eigenvalue weighted by Crippen LogP contribution is -2.44. The van der Waals surface area contributed by atoms with Crippen LogP contribution in [0.25, 0.3) is 0 Å². The van der Waals surface area contributed by atoms with Gasteiger partial charge in [0.25, 0.3) is 0 Å². The zero-order valence-electron chi connectivity index (χ0n) is 7.20. The first-order chi connectivity index (χ1) is 5.54. The van der Waals surface area contributed by atoms with Crippen LogP contribution in [0, 0.1) is 0 Å². The van der Waals surface area contributed by atoms with E-state index in [9.17, 15) is 0 Å². The molecule has 12 heavy (non-hydrogen) atoms. The number of nitrogens with zero attached hydrogens (tertiary/aromatic N) is 2. The van der Waals surface area contributed by atoms with Gasteiger partial charge in [-0.15, -0.1) is 0 Å². The minimum absolute atomic E-state index is 0.192. The molecule has 0 aliphatic carbocycles. The lowest BCUT2D eigenvalue weighted by atomic mass is 9.74. The highest BCUT2D eigenvalue weighted by Gasteiger charge is 2.07. The Balaban J connectivity index is 3.27. The molecule has 5 heteroatoms. The smallest absolute Gasteiger partial charge is 0.143 e. The van der Waals surface area contributed by atoms with E-state index in [0.717, 1.165) is 0 Å². The van der Waals surface area contributed by atoms with Crippen molar-refractivity contribution >= 4 is 40.1 Å². The van der Waals surface area contributed by atoms with Crippen molar-refractivity contribution in [3.05, 3.63) is 5.69 Å². The first kappa shape index (κ1) is 9.36. The molecule has 0 aromatic carbocycles. The predicted octanol–water partition coefficient (Wildman–Crippen LogP) is -2.02. The third-order valence-corrected chi connectivity index (χ3v) is 1.65. The molecule has 6 radical (unpaired) electrons. The molecule has 1 heterocycles. The molecular formula is C7H7B3N2. The fourth-order valence-electron chi connectivity index (χ4n) is 0.918. The second-order valence-electron chi connectivity index (χ2n) is 2.95. The molecule has 0 aliphatic rings. The molecule has 0 atom stereocenters. The Morgan fingerprint density at radius 1 is 1.00 bits per heavy atom. The Bertz CT molecular complexity index is 299. The molecule has 0 aliphatic heterocycles. The predicted molar refractivity (Wildman–Crippen MR) is 52.3 cm³/mol. The van der Waals surface area contributed by atoms with Crippen LogP contribution in [0.1, 0.15) is 25.5 Å². The fraction of sp³-hybridized carbons (Fsp3) is 0.429. The lowest BCUT2D eigenvalue weighted by molar-refractivity contribution is 0.800. The number of aromatic nitrogens is 2. The third-order valence-electron chi connectivity index (χ3n) is 1.65. The van der Waals surface area contributed by atoms with Crippen LogP contribution in [0.3, 0.4) is 0 Å². The van der Waals surface area contributed by atoms with E-state index in [-0.39, 0.29) is 11.5 Å². The van der Waals surface area contributed by atoms with E-state index < -0.39 is 0 Å². The van der Waals surface area contributed by atoms with Gasteiger partial charge in [0.15, 0.2) is 0 Å². The van der Waals surface area contributed by atoms with Crippen molar-refractivity contribution in [3.8, 4) is 0 Å². The van der Waals surface area contributed by atoms with Gasteiger partial charge in [0.1, 0.15) is 23.5 Å². The summed E-state index contributed by atoms with van der Waals surface area (Å²) >= 11 is 0. The number of rotatable bonds is 1. The molecule has 0 saturated heterocycles. The third kappa shape index (κ3) is 1.54. The minimum atomic E-state index is 0.192. The molecular weight excluding hydrogens is 145 g/mol. The van der Waals surface area contributed by atoms with Gasteiger partial charge in [0.05, 0.1) is 5.69 Å². The van der Waals surface area contributed by atoms with Crippen molar-refractivity contribution in [2.75, 3.05) is 0 Å². The van der Waals surface area contributed by atoms with Crippen molar-refractivity contribution in [2.24, 2.45) is 0 Å². The van der Waals surface area contributed by atoms with Crippen molar-refractivity contribution < 1.29 is 0 Å². The second kappa shape index (κ2) is 3.34. The molecule has 0 fully saturated rings. The van der Waals surface area contributed by atoms with Crippen LogP contribution in [-0.2, 0) is 0 Å². The Morgan fingerprint density at radius 3 is 2.08 bits per heavy atom. The highest BCUT2D eigenvalue weighted by atomic mass is 15.1. The van der Waals surface area contributed by atoms with Gasteiger partial charge in [0.2, 0.25) is 0 Å². The maximum Gasteiger partial charge on any atom is 0.143 e. The highest BCUT2D eigenvalue weighted by molar-refractivity contribution is 6.56. The quantitative estimate of drug-likeness (QED) is 0.433. The first-order valence-electron chi connectivity index (χ1n) is 3.71. The summed E-state index contributed by atoms with van der Waals surface area (Å²) in [5.41, 5.74) is 1.66. The average molecular weight is 152 g/mol. The van der Waals surface area contributed by atoms with E-state index in [1.807, 2.05) is 13.8 Å². The molecule has 0 unspecified atom stereocenters. The van der Waals surface area contributed by atoms with Crippen LogP contribution >= 0.6 is 0 Å². The second-order valence-corrected chi connectivity index (χ2v) is 2.95. The van der Waals surface area contributed by atoms with Gasteiger partial charge in [0, 0.05) is 5.59 Å². The normalized spacial score (nSPS) is 10.6. The van der Waals surface area contributed by atoms with Gasteiger partial charge >= 0.3 is 0 Å². The van der Waals surface area contributed by atoms with E-state index >= 15 is 0 Å². The topological polar surface area (TPSA) is 25.8 Å². The van der Waals surface area contributed by atoms with E-state index in [0.29, 0.717) is 16.6 Å². The Kier molecular flexibility index (Phi) is 2.60. The zero-order valence-corrected chi connectivity index (χ0v) is 7.20. The van der Waals surface area contributed by atoms with Crippen LogP contribution in [0.2, 0.25) is 0 Å². The van der Waals surface area contributed by atoms with Crippen LogP contribution in [0.5, 0.6) is 0 Å². The monoisotopic (exact) mass is 152 g/mol. The summed E-state index contributed by atoms with van der Waals surface area (Å²) < 4.78 is 0. The number of hydrogen-bond donors (Lipinski definition) is 0. The molecule has 0 saturated carbocycles. The molecule has 1 rings (SSSR count). The van der Waals surface area contributed by atoms with Crippen molar-refractivity contribution in [1.29, 1.82) is 0 Å². The van der Waals surface area contributed by atoms with Gasteiger partial charge < -0.3 is 0 Å². The molecule has 1 aromatic heterocycles. The van der Waals surface area contributed by atoms with E-state index in [1.54, 1.807) is 0 Å². The van der Waals surface area contributed by atoms with Crippen LogP contribution in [-0.4, -0.2) is 33.7 Å². The molecule has 0 amide bonds. The largest absolute Gasteiger partial charge is 0.168 e. The van der Waals surface area contributed by atoms with Gasteiger partial charge in [-0.05, 0) is 5.92 Å². The maximum atomic E-state index is 5.68. The Labute approximate surface area is 76.4 Å². The first-order valence-corrected chi connectivity index (χ1v) is 3.71. The lowest BCUT2D eigenvalue weighted by Gasteiger charge is -2.12. The summed E-state index contributed by atoms with van der Waals surface area (Å²) in [6.07, 6.45) is 0. The van der Waals surface area contributed by atoms with Crippen molar-refractivity contribution in [3.63, 3.8) is 0 Å². The maximum absolute atomic E-state index is 5.68. The summed E-state index contributed by atoms with van der Waals surface area (Å²) in [5, 5.41) is 7.54. The number of hydrogen-bond acceptors (Lipinski definition) is 2. The highest BCUT2D eigenvalue weighted by Crippen LogP contribution is 2.04. The molecule has 0 spiro atoms. The van der Waals surface area contributed by atoms with E-state index in [1.165, 1.54) is 0 Å². The van der Waals surface area contributed by atoms with Crippen LogP contribution in [0.4, 0.5) is 0 Å². The van der Waals surface area contributed by atoms with Crippen LogP contribution in [0.15, 0.2) is 0 Å². The molecule has 1 aromatic rings. The van der Waals surface area contributed by atoms with Crippen LogP contribution < -0.4 is 16.5 Å². The standard InChI is InChI=1S/C7H7B3N2/c1-3(2)6-4(8)5(9)7(10)12-11-6/h3H,1-2H3. The van der Waals surface area contributed by atoms with Gasteiger partial charge in [-0.2, -0.15) is 10.2 Å². The average Bonchev–Trinajstić information content (AvgIpc) is 2.00. The van der Waals surface area contributed by atoms with Crippen molar-refractivity contribution in [2.45, 2.75) is 19.8 Å². The molecule has 0 N–H and O–H groups in total. The summed E-state index contributed by atoms with van der Waals surface area (Å²) in [7, 11) is 16.7. The van der Waals surface area contributed by atoms with Gasteiger partial charge in [-0.1, -0.05) is 24.8 Å². The summed E-state index contributed by atoms with van der Waals surface area (Å²) in [5.74, 6) is 0.209. The van der Waals surface area contributed by atoms with E-state index in [2.05, 4.69) is 10.2 Å². The molecule has 2 nitrogen and oxygen atoms in total. The zero-order chi connectivity index (χ0) is 9.30. The van der Waals surface area contributed by atoms with E-state index in [4.69, 9.17) is 23.5 Å². The minimum Gasteiger partial charge on any atom is -0.168 e. The molecule has 54 valence electrons. The Hall–Kier alpha value is -0.725. The fourth-order valence-corrected chi connectivity index (χ4v) is 0.918. The van der Waals surface area contributed by atoms with Gasteiger partial charge in [-0.25, -0.2) is 0 Å². The molecule has 0 bridgehead atoms. The SMILES string of the molecule is [B]c1nnc(C(C)C)c([B])c1[B].